The third kappa shape index (κ3) is 18.1. The number of sulfonamides is 3. The van der Waals surface area contributed by atoms with Gasteiger partial charge in [0, 0.05) is 86.4 Å². The minimum Gasteiger partial charge on any atom is -0.354 e. The number of nitrogens with zero attached hydrogens (tertiary/aromatic N) is 11. The van der Waals surface area contributed by atoms with Crippen LogP contribution in [0.2, 0.25) is 15.1 Å². The van der Waals surface area contributed by atoms with Gasteiger partial charge in [0.25, 0.3) is 30.1 Å². The minimum atomic E-state index is -4.88. The highest BCUT2D eigenvalue weighted by molar-refractivity contribution is 7.93. The Morgan fingerprint density at radius 3 is 1.23 bits per heavy atom. The molecule has 0 amide bonds. The maximum Gasteiger partial charge on any atom is 0.267 e. The predicted octanol–water partition coefficient (Wildman–Crippen LogP) is 19.1. The Morgan fingerprint density at radius 2 is 0.845 bits per heavy atom. The summed E-state index contributed by atoms with van der Waals surface area (Å²) in [7, 11) is -11.0. The van der Waals surface area contributed by atoms with E-state index in [2.05, 4.69) is 55.4 Å². The van der Waals surface area contributed by atoms with Crippen LogP contribution in [0.4, 0.5) is 78.7 Å². The molecule has 0 unspecified atom stereocenters. The smallest absolute Gasteiger partial charge is 0.267 e. The maximum atomic E-state index is 15.9. The average molecular weight is 1770 g/mol. The Kier molecular flexibility index (Phi) is 23.7. The molecule has 6 aromatic heterocycles. The molecule has 16 rings (SSSR count). The first-order valence-electron chi connectivity index (χ1n) is 35.4. The summed E-state index contributed by atoms with van der Waals surface area (Å²) in [6.45, 7) is 7.52. The maximum absolute atomic E-state index is 15.9. The molecule has 4 fully saturated rings. The summed E-state index contributed by atoms with van der Waals surface area (Å²) < 4.78 is 217. The molecule has 1 aliphatic heterocycles. The summed E-state index contributed by atoms with van der Waals surface area (Å²) in [5, 5.41) is 6.67. The van der Waals surface area contributed by atoms with Gasteiger partial charge < -0.3 is 20.4 Å². The Morgan fingerprint density at radius 1 is 0.457 bits per heavy atom. The van der Waals surface area contributed by atoms with Gasteiger partial charge in [0.15, 0.2) is 59.9 Å². The topological polar surface area (TPSA) is 285 Å². The normalized spacial score (nSPS) is 14.2. The quantitative estimate of drug-likeness (QED) is 0.0294. The second kappa shape index (κ2) is 33.3. The monoisotopic (exact) mass is 1760 g/mol. The second-order valence-corrected chi connectivity index (χ2v) is 37.3. The molecule has 3 saturated carbocycles. The van der Waals surface area contributed by atoms with Crippen molar-refractivity contribution in [3.8, 4) is 65.5 Å². The van der Waals surface area contributed by atoms with Gasteiger partial charge in [-0.1, -0.05) is 96.4 Å². The molecule has 5 N–H and O–H groups in total. The van der Waals surface area contributed by atoms with Crippen molar-refractivity contribution in [2.75, 3.05) is 61.8 Å². The summed E-state index contributed by atoms with van der Waals surface area (Å²) in [4.78, 5) is 42.4. The highest BCUT2D eigenvalue weighted by atomic mass is 35.5. The molecule has 12 aromatic rings. The fourth-order valence-corrected chi connectivity index (χ4v) is 19.0. The number of nitrogens with one attached hydrogen (secondary N) is 5. The van der Waals surface area contributed by atoms with Crippen LogP contribution in [-0.2, 0) is 41.9 Å². The largest absolute Gasteiger partial charge is 0.354 e. The molecule has 116 heavy (non-hydrogen) atoms. The molecule has 40 heteroatoms. The molecule has 4 aliphatic rings. The van der Waals surface area contributed by atoms with Gasteiger partial charge in [-0.15, -0.1) is 11.3 Å². The summed E-state index contributed by atoms with van der Waals surface area (Å²) >= 11 is 20.9. The van der Waals surface area contributed by atoms with Crippen molar-refractivity contribution in [1.29, 1.82) is 0 Å². The summed E-state index contributed by atoms with van der Waals surface area (Å²) in [5.74, 6) is -9.26. The van der Waals surface area contributed by atoms with E-state index in [0.717, 1.165) is 119 Å². The van der Waals surface area contributed by atoms with E-state index < -0.39 is 129 Å². The highest BCUT2D eigenvalue weighted by Gasteiger charge is 2.36. The van der Waals surface area contributed by atoms with E-state index >= 15 is 13.2 Å². The Labute approximate surface area is 686 Å². The molecule has 6 aromatic carbocycles. The molecule has 3 aliphatic carbocycles. The van der Waals surface area contributed by atoms with Gasteiger partial charge in [-0.25, -0.2) is 110 Å². The third-order valence-electron chi connectivity index (χ3n) is 18.0. The lowest BCUT2D eigenvalue weighted by molar-refractivity contribution is 0.519. The van der Waals surface area contributed by atoms with Gasteiger partial charge in [0.05, 0.1) is 85.9 Å². The summed E-state index contributed by atoms with van der Waals surface area (Å²) in [6.07, 6.45) is 13.0. The van der Waals surface area contributed by atoms with Crippen LogP contribution in [0, 0.1) is 58.3 Å². The fraction of sp³-hybridized carbons (Fsp3) is 0.250. The van der Waals surface area contributed by atoms with Gasteiger partial charge >= 0.3 is 0 Å². The molecule has 0 spiro atoms. The lowest BCUT2D eigenvalue weighted by Gasteiger charge is -2.30. The number of rotatable bonds is 23. The molecule has 1 saturated heterocycles. The number of benzene rings is 6. The Bertz CT molecular complexity index is 6190. The van der Waals surface area contributed by atoms with E-state index in [1.165, 1.54) is 70.4 Å². The van der Waals surface area contributed by atoms with E-state index in [1.54, 1.807) is 55.8 Å². The van der Waals surface area contributed by atoms with Crippen LogP contribution in [0.15, 0.2) is 142 Å². The van der Waals surface area contributed by atoms with Crippen molar-refractivity contribution < 1.29 is 64.8 Å². The van der Waals surface area contributed by atoms with Crippen LogP contribution in [0.1, 0.15) is 76.5 Å². The van der Waals surface area contributed by atoms with Crippen molar-refractivity contribution in [3.05, 3.63) is 206 Å². The third-order valence-corrected chi connectivity index (χ3v) is 27.0. The van der Waals surface area contributed by atoms with Gasteiger partial charge in [-0.3, -0.25) is 14.2 Å². The minimum absolute atomic E-state index is 0.00410. The van der Waals surface area contributed by atoms with Gasteiger partial charge in [0.1, 0.15) is 23.3 Å². The summed E-state index contributed by atoms with van der Waals surface area (Å²) in [6, 6.07) is 22.6. The Hall–Kier alpha value is -9.86. The SMILES string of the molecule is CC(C)(C)c1nc(-c2cccc(NS(=O)(=O)c3c(F)ccc(Cl)c3F)c2F)c(-c2ccnc(NC3CC3)n2)s1.CN(C)c1nc(-c2cccc(NS(=O)(=O)c3c(F)ccc(Cl)c3F)c2F)c(-c2ccnc(CC3CC3)n2)s1.O=S(=O)(Nc1cccc(-c2nc(N3CCC3)sc2-c2ccnc(NC3CC3)n2)c1F)c1c(F)ccc(Cl)c1F. The molecular weight excluding hydrogens is 1700 g/mol. The van der Waals surface area contributed by atoms with Crippen molar-refractivity contribution in [2.24, 2.45) is 5.92 Å². The zero-order valence-electron chi connectivity index (χ0n) is 61.3. The van der Waals surface area contributed by atoms with Gasteiger partial charge in [0.2, 0.25) is 11.9 Å². The fourth-order valence-electron chi connectivity index (χ4n) is 11.5. The van der Waals surface area contributed by atoms with Crippen LogP contribution >= 0.6 is 68.8 Å². The van der Waals surface area contributed by atoms with Crippen LogP contribution in [0.3, 0.4) is 0 Å². The number of thiazole rings is 3. The van der Waals surface area contributed by atoms with Crippen molar-refractivity contribution in [1.82, 2.24) is 44.9 Å². The molecule has 604 valence electrons. The number of aromatic nitrogens is 9. The average Bonchev–Trinajstić information content (AvgIpc) is 1.42. The highest BCUT2D eigenvalue weighted by Crippen LogP contribution is 2.47. The van der Waals surface area contributed by atoms with E-state index in [-0.39, 0.29) is 39.2 Å². The van der Waals surface area contributed by atoms with Crippen LogP contribution in [0.25, 0.3) is 65.5 Å². The molecule has 22 nitrogen and oxygen atoms in total. The van der Waals surface area contributed by atoms with Gasteiger partial charge in [-0.2, -0.15) is 0 Å². The number of hydrogen-bond acceptors (Lipinski definition) is 22. The van der Waals surface area contributed by atoms with E-state index in [4.69, 9.17) is 39.8 Å². The first-order chi connectivity index (χ1) is 55.1. The second-order valence-electron chi connectivity index (χ2n) is 28.2. The standard InChI is InChI=1S/C26H23ClF3N5O2S2.C25H20ClF3N6O2S2.C25H21ClF3N5O2S2/c1-26(2,3)24-34-21(22(38-24)18-11-12-31-25(33-18)32-13-7-8-13)14-5-4-6-17(19(14)29)35-39(36,37)23-16(28)10-9-15(27)20(23)30;26-15-7-8-16(27)23(20(15)29)39(36,37)34-17-4-1-3-14(19(17)28)21-22(38-25(33-21)35-11-2-12-35)18-9-10-30-24(32-18)31-13-5-6-13;1-34(2)25-32-22(23(37-25)18-10-11-30-19(31-18)12-13-6-7-13)14-4-3-5-17(20(14)28)33-38(35,36)24-16(27)9-8-15(26)21(24)29/h4-6,9-13,35H,7-8H2,1-3H3,(H,31,32,33);1,3-4,7-10,13,34H,2,5-6,11-12H2,(H,30,31,32);3-5,8-11,13,33H,6-7,12H2,1-2H3. The van der Waals surface area contributed by atoms with Crippen molar-refractivity contribution in [2.45, 2.75) is 104 Å². The first-order valence-corrected chi connectivity index (χ1v) is 43.5. The van der Waals surface area contributed by atoms with E-state index in [1.807, 2.05) is 34.9 Å². The lowest BCUT2D eigenvalue weighted by Crippen LogP contribution is -2.36. The molecule has 0 atom stereocenters. The van der Waals surface area contributed by atoms with Crippen LogP contribution in [-0.4, -0.2) is 109 Å². The molecule has 7 heterocycles. The summed E-state index contributed by atoms with van der Waals surface area (Å²) in [5.41, 5.74) is 0.421. The zero-order valence-corrected chi connectivity index (χ0v) is 68.4. The molecule has 0 radical (unpaired) electrons. The lowest BCUT2D eigenvalue weighted by atomic mass is 9.98. The zero-order chi connectivity index (χ0) is 82.6. The number of hydrogen-bond donors (Lipinski definition) is 5. The molecule has 0 bridgehead atoms. The number of halogens is 12. The van der Waals surface area contributed by atoms with Crippen LogP contribution in [0.5, 0.6) is 0 Å². The van der Waals surface area contributed by atoms with Gasteiger partial charge in [-0.05, 0) is 142 Å². The van der Waals surface area contributed by atoms with E-state index in [0.29, 0.717) is 82.7 Å². The van der Waals surface area contributed by atoms with Crippen molar-refractivity contribution in [3.63, 3.8) is 0 Å². The predicted molar refractivity (Wildman–Crippen MR) is 432 cm³/mol. The van der Waals surface area contributed by atoms with Crippen molar-refractivity contribution >= 4 is 138 Å². The van der Waals surface area contributed by atoms with E-state index in [9.17, 15) is 51.6 Å². The number of anilines is 7. The Balaban J connectivity index is 0.000000143. The van der Waals surface area contributed by atoms with Crippen LogP contribution < -0.4 is 34.6 Å². The molecular formula is C76H64Cl3F9N16O6S6. The first kappa shape index (κ1) is 82.7.